The molecule has 2 aliphatic rings. The first-order chi connectivity index (χ1) is 13.5. The van der Waals surface area contributed by atoms with Gasteiger partial charge in [-0.2, -0.15) is 0 Å². The SMILES string of the molecule is CC1=C(C(C)(C)C)c2ccccc2C1CC1C(C)=C(C(C)(C)C)c2ccccc21. The van der Waals surface area contributed by atoms with E-state index >= 15 is 0 Å². The fraction of sp³-hybridized carbons (Fsp3) is 0.448. The molecule has 0 aliphatic heterocycles. The van der Waals surface area contributed by atoms with E-state index in [1.807, 2.05) is 0 Å². The van der Waals surface area contributed by atoms with Crippen LogP contribution in [0.4, 0.5) is 0 Å². The van der Waals surface area contributed by atoms with E-state index in [1.165, 1.54) is 28.7 Å². The molecule has 0 amide bonds. The average Bonchev–Trinajstić information content (AvgIpc) is 3.06. The third-order valence-electron chi connectivity index (χ3n) is 7.02. The first-order valence-electron chi connectivity index (χ1n) is 11.1. The molecule has 0 aromatic heterocycles. The highest BCUT2D eigenvalue weighted by atomic mass is 14.4. The summed E-state index contributed by atoms with van der Waals surface area (Å²) >= 11 is 0. The molecule has 0 heteroatoms. The number of benzene rings is 2. The lowest BCUT2D eigenvalue weighted by atomic mass is 9.79. The van der Waals surface area contributed by atoms with E-state index in [2.05, 4.69) is 104 Å². The Morgan fingerprint density at radius 2 is 0.931 bits per heavy atom. The Morgan fingerprint density at radius 1 is 0.586 bits per heavy atom. The third-order valence-corrected chi connectivity index (χ3v) is 7.02. The Hall–Kier alpha value is -2.08. The molecule has 0 spiro atoms. The molecule has 2 aliphatic carbocycles. The predicted octanol–water partition coefficient (Wildman–Crippen LogP) is 8.61. The zero-order chi connectivity index (χ0) is 21.1. The van der Waals surface area contributed by atoms with E-state index in [1.54, 1.807) is 22.3 Å². The smallest absolute Gasteiger partial charge is 0.00665 e. The van der Waals surface area contributed by atoms with Crippen LogP contribution in [0.25, 0.3) is 11.1 Å². The zero-order valence-corrected chi connectivity index (χ0v) is 19.5. The lowest BCUT2D eigenvalue weighted by molar-refractivity contribution is 0.558. The molecule has 2 atom stereocenters. The zero-order valence-electron chi connectivity index (χ0n) is 19.5. The Kier molecular flexibility index (Phi) is 4.69. The van der Waals surface area contributed by atoms with E-state index in [9.17, 15) is 0 Å². The van der Waals surface area contributed by atoms with Crippen LogP contribution >= 0.6 is 0 Å². The van der Waals surface area contributed by atoms with Gasteiger partial charge in [0.15, 0.2) is 0 Å². The van der Waals surface area contributed by atoms with E-state index in [4.69, 9.17) is 0 Å². The molecule has 0 radical (unpaired) electrons. The fourth-order valence-electron chi connectivity index (χ4n) is 6.13. The Labute approximate surface area is 177 Å². The van der Waals surface area contributed by atoms with Crippen LogP contribution in [0.3, 0.4) is 0 Å². The lowest BCUT2D eigenvalue weighted by Gasteiger charge is -2.25. The summed E-state index contributed by atoms with van der Waals surface area (Å²) < 4.78 is 0. The molecule has 0 heterocycles. The molecule has 29 heavy (non-hydrogen) atoms. The van der Waals surface area contributed by atoms with Gasteiger partial charge in [0.05, 0.1) is 0 Å². The first kappa shape index (κ1) is 20.2. The molecule has 0 nitrogen and oxygen atoms in total. The molecule has 2 aromatic carbocycles. The maximum Gasteiger partial charge on any atom is 0.00665 e. The Bertz CT molecular complexity index is 931. The summed E-state index contributed by atoms with van der Waals surface area (Å²) in [5.41, 5.74) is 12.6. The largest absolute Gasteiger partial charge is 0.0619 e. The van der Waals surface area contributed by atoms with E-state index < -0.39 is 0 Å². The van der Waals surface area contributed by atoms with Gasteiger partial charge in [0.2, 0.25) is 0 Å². The number of hydrogen-bond acceptors (Lipinski definition) is 0. The molecule has 0 N–H and O–H groups in total. The summed E-state index contributed by atoms with van der Waals surface area (Å²) in [6.45, 7) is 18.9. The average molecular weight is 385 g/mol. The van der Waals surface area contributed by atoms with Crippen molar-refractivity contribution in [2.24, 2.45) is 10.8 Å². The molecular weight excluding hydrogens is 348 g/mol. The van der Waals surface area contributed by atoms with Gasteiger partial charge in [-0.15, -0.1) is 0 Å². The van der Waals surface area contributed by atoms with Gasteiger partial charge >= 0.3 is 0 Å². The van der Waals surface area contributed by atoms with E-state index in [-0.39, 0.29) is 10.8 Å². The summed E-state index contributed by atoms with van der Waals surface area (Å²) in [6, 6.07) is 18.3. The molecule has 4 rings (SSSR count). The van der Waals surface area contributed by atoms with Crippen LogP contribution < -0.4 is 0 Å². The minimum absolute atomic E-state index is 0.171. The Morgan fingerprint density at radius 3 is 1.28 bits per heavy atom. The van der Waals surface area contributed by atoms with Crippen LogP contribution in [0.2, 0.25) is 0 Å². The van der Waals surface area contributed by atoms with Crippen molar-refractivity contribution in [1.29, 1.82) is 0 Å². The van der Waals surface area contributed by atoms with Crippen molar-refractivity contribution in [1.82, 2.24) is 0 Å². The highest BCUT2D eigenvalue weighted by Gasteiger charge is 2.39. The second-order valence-corrected chi connectivity index (χ2v) is 11.1. The predicted molar refractivity (Wildman–Crippen MR) is 127 cm³/mol. The second-order valence-electron chi connectivity index (χ2n) is 11.1. The summed E-state index contributed by atoms with van der Waals surface area (Å²) in [7, 11) is 0. The summed E-state index contributed by atoms with van der Waals surface area (Å²) in [4.78, 5) is 0. The molecule has 152 valence electrons. The van der Waals surface area contributed by atoms with Crippen LogP contribution in [0, 0.1) is 10.8 Å². The van der Waals surface area contributed by atoms with Crippen molar-refractivity contribution in [3.8, 4) is 0 Å². The number of fused-ring (bicyclic) bond motifs is 2. The first-order valence-corrected chi connectivity index (χ1v) is 11.1. The quantitative estimate of drug-likeness (QED) is 0.486. The van der Waals surface area contributed by atoms with Crippen molar-refractivity contribution >= 4 is 11.1 Å². The highest BCUT2D eigenvalue weighted by molar-refractivity contribution is 5.83. The van der Waals surface area contributed by atoms with Crippen molar-refractivity contribution in [3.63, 3.8) is 0 Å². The minimum Gasteiger partial charge on any atom is -0.0619 e. The number of allylic oxidation sites excluding steroid dienone is 4. The van der Waals surface area contributed by atoms with Gasteiger partial charge in [0.25, 0.3) is 0 Å². The van der Waals surface area contributed by atoms with Crippen molar-refractivity contribution in [2.45, 2.75) is 73.6 Å². The van der Waals surface area contributed by atoms with Gasteiger partial charge in [0, 0.05) is 11.8 Å². The van der Waals surface area contributed by atoms with Crippen LogP contribution in [0.5, 0.6) is 0 Å². The second kappa shape index (κ2) is 6.73. The van der Waals surface area contributed by atoms with Gasteiger partial charge in [-0.05, 0) is 64.5 Å². The molecule has 0 saturated heterocycles. The summed E-state index contributed by atoms with van der Waals surface area (Å²) in [5.74, 6) is 1.01. The van der Waals surface area contributed by atoms with Gasteiger partial charge < -0.3 is 0 Å². The molecule has 0 saturated carbocycles. The maximum atomic E-state index is 2.38. The topological polar surface area (TPSA) is 0 Å². The minimum atomic E-state index is 0.171. The number of hydrogen-bond donors (Lipinski definition) is 0. The van der Waals surface area contributed by atoms with Crippen molar-refractivity contribution in [2.75, 3.05) is 0 Å². The summed E-state index contributed by atoms with van der Waals surface area (Å²) in [5, 5.41) is 0. The number of rotatable bonds is 2. The standard InChI is InChI=1S/C29H36/c1-18-24(20-13-9-11-15-22(20)26(18)28(3,4)5)17-25-19(2)27(29(6,7)8)23-16-12-10-14-21(23)25/h9-16,24-25H,17H2,1-8H3. The Balaban J connectivity index is 1.82. The van der Waals surface area contributed by atoms with E-state index in [0.29, 0.717) is 11.8 Å². The fourth-order valence-corrected chi connectivity index (χ4v) is 6.13. The van der Waals surface area contributed by atoms with Crippen LogP contribution in [0.1, 0.15) is 95.9 Å². The van der Waals surface area contributed by atoms with Crippen LogP contribution in [-0.4, -0.2) is 0 Å². The van der Waals surface area contributed by atoms with Gasteiger partial charge in [-0.25, -0.2) is 0 Å². The highest BCUT2D eigenvalue weighted by Crippen LogP contribution is 2.56. The normalized spacial score (nSPS) is 21.7. The molecule has 2 unspecified atom stereocenters. The van der Waals surface area contributed by atoms with Crippen molar-refractivity contribution in [3.05, 3.63) is 81.9 Å². The van der Waals surface area contributed by atoms with E-state index in [0.717, 1.165) is 0 Å². The molecule has 2 aromatic rings. The lowest BCUT2D eigenvalue weighted by Crippen LogP contribution is -2.09. The van der Waals surface area contributed by atoms with Crippen LogP contribution in [-0.2, 0) is 0 Å². The van der Waals surface area contributed by atoms with Gasteiger partial charge in [-0.1, -0.05) is 101 Å². The summed E-state index contributed by atoms with van der Waals surface area (Å²) in [6.07, 6.45) is 1.17. The molecular formula is C29H36. The third kappa shape index (κ3) is 3.21. The van der Waals surface area contributed by atoms with Gasteiger partial charge in [0.1, 0.15) is 0 Å². The monoisotopic (exact) mass is 384 g/mol. The maximum absolute atomic E-state index is 2.38. The van der Waals surface area contributed by atoms with Gasteiger partial charge in [-0.3, -0.25) is 0 Å². The van der Waals surface area contributed by atoms with Crippen molar-refractivity contribution < 1.29 is 0 Å². The molecule has 0 fully saturated rings. The van der Waals surface area contributed by atoms with Crippen LogP contribution in [0.15, 0.2) is 59.7 Å². The molecule has 0 bridgehead atoms.